The normalized spacial score (nSPS) is 12.9. The quantitative estimate of drug-likeness (QED) is 0.0676. The maximum atomic E-state index is 2.99. The van der Waals surface area contributed by atoms with Gasteiger partial charge >= 0.3 is 17.4 Å². The van der Waals surface area contributed by atoms with E-state index in [1.165, 1.54) is 109 Å². The molecule has 0 aliphatic carbocycles. The maximum absolute atomic E-state index is 2.99. The molecular formula is C39H93CrSi6. The van der Waals surface area contributed by atoms with Gasteiger partial charge in [-0.05, 0) is 0 Å². The van der Waals surface area contributed by atoms with Crippen LogP contribution in [0, 0.1) is 17.0 Å². The standard InChI is InChI=1S/3C13H31Si2.Cr/c3*1-7-14(8-2,9-3)13-15(10-4,11-5)12-6;/h3*13H,7-12H2,1-6H3;/q3*-1;+3. The van der Waals surface area contributed by atoms with Crippen LogP contribution in [0.3, 0.4) is 0 Å². The van der Waals surface area contributed by atoms with Gasteiger partial charge < -0.3 is 17.0 Å². The Morgan fingerprint density at radius 3 is 0.304 bits per heavy atom. The van der Waals surface area contributed by atoms with Crippen LogP contribution in [0.2, 0.25) is 109 Å². The summed E-state index contributed by atoms with van der Waals surface area (Å²) < 4.78 is 0. The van der Waals surface area contributed by atoms with Crippen LogP contribution >= 0.6 is 0 Å². The zero-order valence-electron chi connectivity index (χ0n) is 35.9. The summed E-state index contributed by atoms with van der Waals surface area (Å²) in [5.41, 5.74) is 8.96. The summed E-state index contributed by atoms with van der Waals surface area (Å²) in [6.45, 7) is 43.7. The molecule has 0 spiro atoms. The second kappa shape index (κ2) is 28.4. The van der Waals surface area contributed by atoms with Crippen LogP contribution in [-0.4, -0.2) is 48.4 Å². The molecule has 0 N–H and O–H groups in total. The van der Waals surface area contributed by atoms with Crippen molar-refractivity contribution in [3.05, 3.63) is 17.0 Å². The van der Waals surface area contributed by atoms with Gasteiger partial charge in [-0.1, -0.05) is 282 Å². The van der Waals surface area contributed by atoms with Gasteiger partial charge in [0.1, 0.15) is 0 Å². The second-order valence-electron chi connectivity index (χ2n) is 15.0. The molecule has 0 bridgehead atoms. The van der Waals surface area contributed by atoms with E-state index in [1.807, 2.05) is 0 Å². The minimum atomic E-state index is -0.979. The van der Waals surface area contributed by atoms with Gasteiger partial charge in [0.2, 0.25) is 0 Å². The van der Waals surface area contributed by atoms with E-state index in [9.17, 15) is 0 Å². The average Bonchev–Trinajstić information content (AvgIpc) is 3.12. The van der Waals surface area contributed by atoms with Crippen LogP contribution in [0.5, 0.6) is 0 Å². The Labute approximate surface area is 314 Å². The van der Waals surface area contributed by atoms with E-state index in [0.717, 1.165) is 0 Å². The van der Waals surface area contributed by atoms with Crippen molar-refractivity contribution in [3.63, 3.8) is 0 Å². The molecule has 0 aliphatic heterocycles. The monoisotopic (exact) mass is 782 g/mol. The summed E-state index contributed by atoms with van der Waals surface area (Å²) in [7, 11) is -5.87. The Balaban J connectivity index is -0.000000285. The van der Waals surface area contributed by atoms with Crippen LogP contribution in [0.1, 0.15) is 125 Å². The van der Waals surface area contributed by atoms with Crippen molar-refractivity contribution in [1.29, 1.82) is 0 Å². The van der Waals surface area contributed by atoms with Crippen LogP contribution in [-0.2, 0) is 17.4 Å². The molecule has 0 aliphatic rings. The molecule has 279 valence electrons. The summed E-state index contributed by atoms with van der Waals surface area (Å²) in [6, 6.07) is 26.4. The molecule has 0 aromatic heterocycles. The zero-order chi connectivity index (χ0) is 35.8. The molecule has 0 heterocycles. The molecule has 0 unspecified atom stereocenters. The van der Waals surface area contributed by atoms with Gasteiger partial charge in [-0.15, -0.1) is 0 Å². The molecule has 0 amide bonds. The van der Waals surface area contributed by atoms with E-state index < -0.39 is 48.4 Å². The fourth-order valence-corrected chi connectivity index (χ4v) is 47.6. The van der Waals surface area contributed by atoms with E-state index in [4.69, 9.17) is 0 Å². The maximum Gasteiger partial charge on any atom is 3.00 e. The Hall–Kier alpha value is 1.83. The minimum absolute atomic E-state index is 0. The molecule has 0 atom stereocenters. The van der Waals surface area contributed by atoms with Crippen LogP contribution in [0.25, 0.3) is 0 Å². The Morgan fingerprint density at radius 2 is 0.261 bits per heavy atom. The second-order valence-corrected chi connectivity index (χ2v) is 47.5. The first-order valence-electron chi connectivity index (χ1n) is 20.8. The van der Waals surface area contributed by atoms with Gasteiger partial charge in [-0.2, -0.15) is 0 Å². The van der Waals surface area contributed by atoms with Gasteiger partial charge in [0, 0.05) is 0 Å². The third-order valence-corrected chi connectivity index (χ3v) is 54.6. The first-order valence-corrected chi connectivity index (χ1v) is 37.0. The zero-order valence-corrected chi connectivity index (χ0v) is 43.1. The minimum Gasteiger partial charge on any atom is -0.325 e. The van der Waals surface area contributed by atoms with E-state index in [2.05, 4.69) is 142 Å². The molecule has 7 heteroatoms. The summed E-state index contributed by atoms with van der Waals surface area (Å²) in [5.74, 6) is 0. The van der Waals surface area contributed by atoms with Crippen molar-refractivity contribution in [2.75, 3.05) is 0 Å². The van der Waals surface area contributed by atoms with Crippen LogP contribution in [0.15, 0.2) is 0 Å². The third-order valence-electron chi connectivity index (χ3n) is 14.5. The predicted molar refractivity (Wildman–Crippen MR) is 236 cm³/mol. The smallest absolute Gasteiger partial charge is 0.325 e. The molecule has 0 nitrogen and oxygen atoms in total. The molecule has 0 rings (SSSR count). The average molecular weight is 783 g/mol. The molecule has 46 heavy (non-hydrogen) atoms. The SMILES string of the molecule is CC[Si]([CH-][Si](CC)(CC)CC)(CC)CC.CC[Si]([CH-][Si](CC)(CC)CC)(CC)CC.CC[Si]([CH-][Si](CC)(CC)CC)(CC)CC.[Cr+3]. The predicted octanol–water partition coefficient (Wildman–Crippen LogP) is 15.9. The molecular weight excluding hydrogens is 689 g/mol. The first-order chi connectivity index (χ1) is 21.2. The van der Waals surface area contributed by atoms with Gasteiger partial charge in [-0.25, -0.2) is 0 Å². The largest absolute Gasteiger partial charge is 3.00 e. The summed E-state index contributed by atoms with van der Waals surface area (Å²) >= 11 is 0. The fourth-order valence-electron chi connectivity index (χ4n) is 8.29. The van der Waals surface area contributed by atoms with Crippen molar-refractivity contribution < 1.29 is 17.4 Å². The van der Waals surface area contributed by atoms with Crippen LogP contribution < -0.4 is 0 Å². The summed E-state index contributed by atoms with van der Waals surface area (Å²) in [6.07, 6.45) is 0. The molecule has 0 aromatic carbocycles. The number of rotatable bonds is 24. The van der Waals surface area contributed by atoms with Crippen molar-refractivity contribution in [3.8, 4) is 0 Å². The fraction of sp³-hybridized carbons (Fsp3) is 0.923. The Kier molecular flexibility index (Phi) is 33.7. The van der Waals surface area contributed by atoms with Crippen molar-refractivity contribution in [2.45, 2.75) is 233 Å². The van der Waals surface area contributed by atoms with Gasteiger partial charge in [0.05, 0.1) is 0 Å². The molecule has 0 saturated carbocycles. The van der Waals surface area contributed by atoms with Gasteiger partial charge in [0.15, 0.2) is 0 Å². The first kappa shape index (κ1) is 54.6. The molecule has 1 radical (unpaired) electrons. The van der Waals surface area contributed by atoms with Crippen molar-refractivity contribution in [1.82, 2.24) is 0 Å². The number of hydrogen-bond acceptors (Lipinski definition) is 0. The van der Waals surface area contributed by atoms with Crippen molar-refractivity contribution in [2.24, 2.45) is 0 Å². The summed E-state index contributed by atoms with van der Waals surface area (Å²) in [5, 5.41) is 0. The van der Waals surface area contributed by atoms with Gasteiger partial charge in [0.25, 0.3) is 0 Å². The Morgan fingerprint density at radius 1 is 0.196 bits per heavy atom. The Bertz CT molecular complexity index is 467. The molecule has 0 aromatic rings. The van der Waals surface area contributed by atoms with E-state index in [1.54, 1.807) is 0 Å². The van der Waals surface area contributed by atoms with Gasteiger partial charge in [-0.3, -0.25) is 0 Å². The van der Waals surface area contributed by atoms with E-state index in [-0.39, 0.29) is 17.4 Å². The van der Waals surface area contributed by atoms with E-state index >= 15 is 0 Å². The molecule has 0 saturated heterocycles. The van der Waals surface area contributed by atoms with Crippen molar-refractivity contribution >= 4 is 48.4 Å². The topological polar surface area (TPSA) is 0 Å². The third kappa shape index (κ3) is 16.9. The number of hydrogen-bond donors (Lipinski definition) is 0. The summed E-state index contributed by atoms with van der Waals surface area (Å²) in [4.78, 5) is 0. The molecule has 0 fully saturated rings. The van der Waals surface area contributed by atoms with E-state index in [0.29, 0.717) is 0 Å². The van der Waals surface area contributed by atoms with Crippen LogP contribution in [0.4, 0.5) is 0 Å².